The largest absolute Gasteiger partial charge is 0.488 e. The lowest BCUT2D eigenvalue weighted by atomic mass is 9.99. The van der Waals surface area contributed by atoms with Crippen molar-refractivity contribution in [2.24, 2.45) is 0 Å². The minimum Gasteiger partial charge on any atom is -0.488 e. The number of nitrogens with one attached hydrogen (secondary N) is 1. The van der Waals surface area contributed by atoms with E-state index in [4.69, 9.17) is 4.74 Å². The van der Waals surface area contributed by atoms with Gasteiger partial charge in [0.25, 0.3) is 0 Å². The summed E-state index contributed by atoms with van der Waals surface area (Å²) in [5.74, 6) is 1.13. The third-order valence-corrected chi connectivity index (χ3v) is 3.50. The first-order chi connectivity index (χ1) is 8.31. The number of rotatable bonds is 5. The topological polar surface area (TPSA) is 21.3 Å². The summed E-state index contributed by atoms with van der Waals surface area (Å²) < 4.78 is 6.13. The van der Waals surface area contributed by atoms with E-state index in [1.54, 1.807) is 0 Å². The zero-order chi connectivity index (χ0) is 12.3. The van der Waals surface area contributed by atoms with E-state index < -0.39 is 0 Å². The molecule has 0 aliphatic carbocycles. The quantitative estimate of drug-likeness (QED) is 0.841. The summed E-state index contributed by atoms with van der Waals surface area (Å²) in [5.41, 5.74) is 2.69. The predicted molar refractivity (Wildman–Crippen MR) is 71.6 cm³/mol. The van der Waals surface area contributed by atoms with Crippen LogP contribution in [0.1, 0.15) is 50.8 Å². The van der Waals surface area contributed by atoms with Gasteiger partial charge in [0.2, 0.25) is 0 Å². The van der Waals surface area contributed by atoms with Gasteiger partial charge in [0.05, 0.1) is 6.04 Å². The summed E-state index contributed by atoms with van der Waals surface area (Å²) in [6.07, 6.45) is 3.55. The van der Waals surface area contributed by atoms with E-state index in [9.17, 15) is 0 Å². The molecule has 0 spiro atoms. The van der Waals surface area contributed by atoms with Gasteiger partial charge in [-0.05, 0) is 31.4 Å². The number of hydrogen-bond acceptors (Lipinski definition) is 2. The lowest BCUT2D eigenvalue weighted by Crippen LogP contribution is -2.30. The lowest BCUT2D eigenvalue weighted by molar-refractivity contribution is 0.184. The maximum absolute atomic E-state index is 6.13. The van der Waals surface area contributed by atoms with E-state index in [0.29, 0.717) is 12.1 Å². The maximum atomic E-state index is 6.13. The molecule has 1 aliphatic rings. The smallest absolute Gasteiger partial charge is 0.127 e. The Labute approximate surface area is 104 Å². The summed E-state index contributed by atoms with van der Waals surface area (Å²) in [6, 6.07) is 6.91. The van der Waals surface area contributed by atoms with Crippen LogP contribution in [-0.4, -0.2) is 12.6 Å². The van der Waals surface area contributed by atoms with Gasteiger partial charge >= 0.3 is 0 Å². The number of para-hydroxylation sites is 1. The van der Waals surface area contributed by atoms with Gasteiger partial charge in [0, 0.05) is 5.56 Å². The van der Waals surface area contributed by atoms with E-state index in [1.807, 2.05) is 0 Å². The Morgan fingerprint density at radius 1 is 1.24 bits per heavy atom. The fraction of sp³-hybridized carbons (Fsp3) is 0.600. The standard InChI is InChI=1S/C15H23NO/c1-4-10-16-14-12-9-7-8-11(5-2)15(12)17-13(14)6-3/h7-9,13-14,16H,4-6,10H2,1-3H3. The highest BCUT2D eigenvalue weighted by Crippen LogP contribution is 2.40. The van der Waals surface area contributed by atoms with Gasteiger partial charge in [-0.25, -0.2) is 0 Å². The Morgan fingerprint density at radius 2 is 2.06 bits per heavy atom. The normalized spacial score (nSPS) is 22.3. The van der Waals surface area contributed by atoms with E-state index >= 15 is 0 Å². The van der Waals surface area contributed by atoms with Crippen LogP contribution in [-0.2, 0) is 6.42 Å². The number of hydrogen-bond donors (Lipinski definition) is 1. The highest BCUT2D eigenvalue weighted by molar-refractivity contribution is 5.47. The van der Waals surface area contributed by atoms with Crippen LogP contribution < -0.4 is 10.1 Å². The van der Waals surface area contributed by atoms with E-state index in [-0.39, 0.29) is 0 Å². The van der Waals surface area contributed by atoms with Crippen LogP contribution in [0.25, 0.3) is 0 Å². The van der Waals surface area contributed by atoms with Crippen molar-refractivity contribution < 1.29 is 4.74 Å². The average Bonchev–Trinajstić information content (AvgIpc) is 2.73. The van der Waals surface area contributed by atoms with E-state index in [1.165, 1.54) is 11.1 Å². The Bertz CT molecular complexity index is 375. The molecule has 0 saturated heterocycles. The maximum Gasteiger partial charge on any atom is 0.127 e. The molecule has 2 heteroatoms. The molecule has 2 rings (SSSR count). The number of fused-ring (bicyclic) bond motifs is 1. The summed E-state index contributed by atoms with van der Waals surface area (Å²) >= 11 is 0. The van der Waals surface area contributed by atoms with E-state index in [0.717, 1.165) is 31.6 Å². The number of aryl methyl sites for hydroxylation is 1. The Balaban J connectivity index is 2.28. The SMILES string of the molecule is CCCNC1c2cccc(CC)c2OC1CC. The fourth-order valence-corrected chi connectivity index (χ4v) is 2.55. The van der Waals surface area contributed by atoms with Crippen molar-refractivity contribution in [1.29, 1.82) is 0 Å². The summed E-state index contributed by atoms with van der Waals surface area (Å²) in [5, 5.41) is 3.61. The molecule has 0 radical (unpaired) electrons. The summed E-state index contributed by atoms with van der Waals surface area (Å²) in [4.78, 5) is 0. The molecule has 0 aromatic heterocycles. The Kier molecular flexibility index (Phi) is 4.06. The van der Waals surface area contributed by atoms with Gasteiger partial charge in [0.15, 0.2) is 0 Å². The predicted octanol–water partition coefficient (Wildman–Crippen LogP) is 3.46. The second-order valence-electron chi connectivity index (χ2n) is 4.69. The van der Waals surface area contributed by atoms with Crippen LogP contribution in [0, 0.1) is 0 Å². The van der Waals surface area contributed by atoms with Gasteiger partial charge in [-0.2, -0.15) is 0 Å². The molecule has 0 bridgehead atoms. The third kappa shape index (κ3) is 2.32. The molecule has 1 heterocycles. The van der Waals surface area contributed by atoms with Gasteiger partial charge < -0.3 is 10.1 Å². The second kappa shape index (κ2) is 5.54. The van der Waals surface area contributed by atoms with Gasteiger partial charge in [-0.15, -0.1) is 0 Å². The molecule has 1 aromatic carbocycles. The van der Waals surface area contributed by atoms with E-state index in [2.05, 4.69) is 44.3 Å². The summed E-state index contributed by atoms with van der Waals surface area (Å²) in [6.45, 7) is 7.64. The highest BCUT2D eigenvalue weighted by Gasteiger charge is 2.33. The van der Waals surface area contributed by atoms with Crippen LogP contribution in [0.3, 0.4) is 0 Å². The minimum atomic E-state index is 0.296. The van der Waals surface area contributed by atoms with Crippen molar-refractivity contribution in [3.63, 3.8) is 0 Å². The van der Waals surface area contributed by atoms with Crippen molar-refractivity contribution in [3.8, 4) is 5.75 Å². The van der Waals surface area contributed by atoms with Crippen LogP contribution in [0.2, 0.25) is 0 Å². The third-order valence-electron chi connectivity index (χ3n) is 3.50. The molecule has 1 N–H and O–H groups in total. The number of ether oxygens (including phenoxy) is 1. The first-order valence-corrected chi connectivity index (χ1v) is 6.83. The molecule has 2 atom stereocenters. The van der Waals surface area contributed by atoms with Crippen molar-refractivity contribution in [3.05, 3.63) is 29.3 Å². The van der Waals surface area contributed by atoms with Crippen LogP contribution >= 0.6 is 0 Å². The minimum absolute atomic E-state index is 0.296. The zero-order valence-electron chi connectivity index (χ0n) is 11.1. The van der Waals surface area contributed by atoms with Crippen molar-refractivity contribution in [2.45, 2.75) is 52.2 Å². The summed E-state index contributed by atoms with van der Waals surface area (Å²) in [7, 11) is 0. The molecule has 0 saturated carbocycles. The van der Waals surface area contributed by atoms with Crippen LogP contribution in [0.5, 0.6) is 5.75 Å². The highest BCUT2D eigenvalue weighted by atomic mass is 16.5. The Hall–Kier alpha value is -1.02. The second-order valence-corrected chi connectivity index (χ2v) is 4.69. The van der Waals surface area contributed by atoms with Gasteiger partial charge in [-0.3, -0.25) is 0 Å². The first-order valence-electron chi connectivity index (χ1n) is 6.83. The van der Waals surface area contributed by atoms with Gasteiger partial charge in [0.1, 0.15) is 11.9 Å². The molecule has 0 amide bonds. The van der Waals surface area contributed by atoms with Crippen LogP contribution in [0.4, 0.5) is 0 Å². The molecule has 1 aliphatic heterocycles. The number of benzene rings is 1. The molecule has 1 aromatic rings. The molecular formula is C15H23NO. The molecule has 2 unspecified atom stereocenters. The Morgan fingerprint density at radius 3 is 2.71 bits per heavy atom. The monoisotopic (exact) mass is 233 g/mol. The molecular weight excluding hydrogens is 210 g/mol. The van der Waals surface area contributed by atoms with Crippen molar-refractivity contribution >= 4 is 0 Å². The van der Waals surface area contributed by atoms with Crippen LogP contribution in [0.15, 0.2) is 18.2 Å². The first kappa shape index (κ1) is 12.4. The molecule has 2 nitrogen and oxygen atoms in total. The zero-order valence-corrected chi connectivity index (χ0v) is 11.1. The molecule has 17 heavy (non-hydrogen) atoms. The molecule has 94 valence electrons. The molecule has 0 fully saturated rings. The van der Waals surface area contributed by atoms with Crippen molar-refractivity contribution in [2.75, 3.05) is 6.54 Å². The lowest BCUT2D eigenvalue weighted by Gasteiger charge is -2.18. The average molecular weight is 233 g/mol. The fourth-order valence-electron chi connectivity index (χ4n) is 2.55. The van der Waals surface area contributed by atoms with Crippen molar-refractivity contribution in [1.82, 2.24) is 5.32 Å². The van der Waals surface area contributed by atoms with Gasteiger partial charge in [-0.1, -0.05) is 39.0 Å².